The average Bonchev–Trinajstić information content (AvgIpc) is 3.00. The lowest BCUT2D eigenvalue weighted by Crippen LogP contribution is -2.33. The molecule has 0 saturated carbocycles. The summed E-state index contributed by atoms with van der Waals surface area (Å²) in [5.41, 5.74) is 1.51. The molecule has 3 rings (SSSR count). The maximum Gasteiger partial charge on any atom is 0.233 e. The maximum atomic E-state index is 13.4. The summed E-state index contributed by atoms with van der Waals surface area (Å²) in [7, 11) is 0. The van der Waals surface area contributed by atoms with Gasteiger partial charge in [-0.15, -0.1) is 11.8 Å². The summed E-state index contributed by atoms with van der Waals surface area (Å²) < 4.78 is 26.3. The van der Waals surface area contributed by atoms with E-state index in [0.717, 1.165) is 5.56 Å². The lowest BCUT2D eigenvalue weighted by atomic mass is 10.2. The number of halogens is 2. The standard InChI is InChI=1S/C19H18F2N2O2S/c20-15-6-4-13(5-7-15)11-22-17(24)8-9-23-18(25)12-26-19(23)14-2-1-3-16(21)10-14/h1-7,10,19H,8-9,11-12H2,(H,22,24)/t19-/m0/s1. The Morgan fingerprint density at radius 1 is 1.15 bits per heavy atom. The maximum absolute atomic E-state index is 13.4. The van der Waals surface area contributed by atoms with Gasteiger partial charge in [0.2, 0.25) is 11.8 Å². The fourth-order valence-electron chi connectivity index (χ4n) is 2.75. The molecule has 0 unspecified atom stereocenters. The predicted octanol–water partition coefficient (Wildman–Crippen LogP) is 3.25. The number of hydrogen-bond donors (Lipinski definition) is 1. The van der Waals surface area contributed by atoms with Gasteiger partial charge in [-0.3, -0.25) is 9.59 Å². The molecule has 26 heavy (non-hydrogen) atoms. The summed E-state index contributed by atoms with van der Waals surface area (Å²) in [6.07, 6.45) is 0.152. The van der Waals surface area contributed by atoms with E-state index in [1.807, 2.05) is 0 Å². The van der Waals surface area contributed by atoms with Gasteiger partial charge in [0.15, 0.2) is 0 Å². The van der Waals surface area contributed by atoms with Crippen molar-refractivity contribution in [2.24, 2.45) is 0 Å². The molecule has 2 aromatic carbocycles. The second-order valence-corrected chi connectivity index (χ2v) is 7.03. The van der Waals surface area contributed by atoms with E-state index in [1.165, 1.54) is 36.0 Å². The van der Waals surface area contributed by atoms with Gasteiger partial charge < -0.3 is 10.2 Å². The molecule has 2 aromatic rings. The van der Waals surface area contributed by atoms with Crippen LogP contribution in [0.15, 0.2) is 48.5 Å². The fraction of sp³-hybridized carbons (Fsp3) is 0.263. The monoisotopic (exact) mass is 376 g/mol. The van der Waals surface area contributed by atoms with Crippen LogP contribution >= 0.6 is 11.8 Å². The number of carbonyl (C=O) groups excluding carboxylic acids is 2. The molecular formula is C19H18F2N2O2S. The minimum atomic E-state index is -0.348. The fourth-order valence-corrected chi connectivity index (χ4v) is 3.95. The first-order valence-corrected chi connectivity index (χ1v) is 9.25. The SMILES string of the molecule is O=C(CCN1C(=O)CS[C@H]1c1cccc(F)c1)NCc1ccc(F)cc1. The largest absolute Gasteiger partial charge is 0.352 e. The Morgan fingerprint density at radius 2 is 1.92 bits per heavy atom. The van der Waals surface area contributed by atoms with E-state index in [2.05, 4.69) is 5.32 Å². The molecule has 0 radical (unpaired) electrons. The van der Waals surface area contributed by atoms with Gasteiger partial charge in [-0.1, -0.05) is 24.3 Å². The molecular weight excluding hydrogens is 358 g/mol. The van der Waals surface area contributed by atoms with Crippen molar-refractivity contribution in [2.45, 2.75) is 18.3 Å². The molecule has 0 bridgehead atoms. The predicted molar refractivity (Wildman–Crippen MR) is 96.2 cm³/mol. The lowest BCUT2D eigenvalue weighted by molar-refractivity contribution is -0.129. The number of carbonyl (C=O) groups is 2. The van der Waals surface area contributed by atoms with E-state index >= 15 is 0 Å². The van der Waals surface area contributed by atoms with E-state index in [-0.39, 0.29) is 41.8 Å². The molecule has 1 saturated heterocycles. The van der Waals surface area contributed by atoms with Crippen LogP contribution in [0.2, 0.25) is 0 Å². The van der Waals surface area contributed by atoms with Crippen LogP contribution in [0.1, 0.15) is 22.9 Å². The van der Waals surface area contributed by atoms with E-state index in [9.17, 15) is 18.4 Å². The molecule has 7 heteroatoms. The highest BCUT2D eigenvalue weighted by molar-refractivity contribution is 8.00. The van der Waals surface area contributed by atoms with Crippen LogP contribution < -0.4 is 5.32 Å². The minimum Gasteiger partial charge on any atom is -0.352 e. The molecule has 1 aliphatic rings. The Bertz CT molecular complexity index is 798. The summed E-state index contributed by atoms with van der Waals surface area (Å²) in [6, 6.07) is 12.1. The highest BCUT2D eigenvalue weighted by Crippen LogP contribution is 2.38. The summed E-state index contributed by atoms with van der Waals surface area (Å²) in [5, 5.41) is 2.48. The molecule has 0 spiro atoms. The molecule has 1 N–H and O–H groups in total. The number of benzene rings is 2. The summed E-state index contributed by atoms with van der Waals surface area (Å²) in [6.45, 7) is 0.567. The van der Waals surface area contributed by atoms with Crippen molar-refractivity contribution in [3.8, 4) is 0 Å². The van der Waals surface area contributed by atoms with Crippen molar-refractivity contribution in [2.75, 3.05) is 12.3 Å². The van der Waals surface area contributed by atoms with Gasteiger partial charge in [0.1, 0.15) is 17.0 Å². The Labute approximate surface area is 154 Å². The zero-order valence-corrected chi connectivity index (χ0v) is 14.8. The van der Waals surface area contributed by atoms with Crippen LogP contribution in [-0.2, 0) is 16.1 Å². The van der Waals surface area contributed by atoms with E-state index in [0.29, 0.717) is 17.9 Å². The van der Waals surface area contributed by atoms with Crippen molar-refractivity contribution in [1.29, 1.82) is 0 Å². The third-order valence-corrected chi connectivity index (χ3v) is 5.34. The van der Waals surface area contributed by atoms with Crippen LogP contribution in [0.25, 0.3) is 0 Å². The van der Waals surface area contributed by atoms with Gasteiger partial charge in [-0.2, -0.15) is 0 Å². The first kappa shape index (κ1) is 18.4. The highest BCUT2D eigenvalue weighted by atomic mass is 32.2. The third kappa shape index (κ3) is 4.60. The van der Waals surface area contributed by atoms with Crippen molar-refractivity contribution >= 4 is 23.6 Å². The van der Waals surface area contributed by atoms with E-state index < -0.39 is 0 Å². The number of hydrogen-bond acceptors (Lipinski definition) is 3. The molecule has 0 aliphatic carbocycles. The van der Waals surface area contributed by atoms with Gasteiger partial charge in [-0.25, -0.2) is 8.78 Å². The quantitative estimate of drug-likeness (QED) is 0.842. The van der Waals surface area contributed by atoms with Crippen LogP contribution in [0.5, 0.6) is 0 Å². The number of nitrogens with one attached hydrogen (secondary N) is 1. The first-order valence-electron chi connectivity index (χ1n) is 8.20. The lowest BCUT2D eigenvalue weighted by Gasteiger charge is -2.24. The van der Waals surface area contributed by atoms with Crippen molar-refractivity contribution < 1.29 is 18.4 Å². The topological polar surface area (TPSA) is 49.4 Å². The molecule has 1 aliphatic heterocycles. The molecule has 136 valence electrons. The number of rotatable bonds is 6. The van der Waals surface area contributed by atoms with Crippen molar-refractivity contribution in [3.05, 3.63) is 71.3 Å². The normalized spacial score (nSPS) is 16.8. The molecule has 1 heterocycles. The summed E-state index contributed by atoms with van der Waals surface area (Å²) in [5.74, 6) is -0.612. The Balaban J connectivity index is 1.54. The Kier molecular flexibility index (Phi) is 5.88. The van der Waals surface area contributed by atoms with Gasteiger partial charge in [-0.05, 0) is 35.4 Å². The molecule has 4 nitrogen and oxygen atoms in total. The van der Waals surface area contributed by atoms with Gasteiger partial charge in [0, 0.05) is 19.5 Å². The third-order valence-electron chi connectivity index (χ3n) is 4.08. The average molecular weight is 376 g/mol. The van der Waals surface area contributed by atoms with Gasteiger partial charge >= 0.3 is 0 Å². The zero-order chi connectivity index (χ0) is 18.5. The van der Waals surface area contributed by atoms with E-state index in [1.54, 1.807) is 29.2 Å². The summed E-state index contributed by atoms with van der Waals surface area (Å²) in [4.78, 5) is 25.8. The smallest absolute Gasteiger partial charge is 0.233 e. The molecule has 1 fully saturated rings. The Hall–Kier alpha value is -2.41. The first-order chi connectivity index (χ1) is 12.5. The molecule has 0 aromatic heterocycles. The van der Waals surface area contributed by atoms with Crippen LogP contribution in [0.4, 0.5) is 8.78 Å². The van der Waals surface area contributed by atoms with Crippen LogP contribution in [0, 0.1) is 11.6 Å². The van der Waals surface area contributed by atoms with Gasteiger partial charge in [0.25, 0.3) is 0 Å². The molecule has 2 amide bonds. The number of nitrogens with zero attached hydrogens (tertiary/aromatic N) is 1. The van der Waals surface area contributed by atoms with Crippen molar-refractivity contribution in [3.63, 3.8) is 0 Å². The zero-order valence-electron chi connectivity index (χ0n) is 14.0. The Morgan fingerprint density at radius 3 is 2.65 bits per heavy atom. The number of thioether (sulfide) groups is 1. The molecule has 1 atom stereocenters. The number of amides is 2. The van der Waals surface area contributed by atoms with Crippen LogP contribution in [-0.4, -0.2) is 29.0 Å². The van der Waals surface area contributed by atoms with Gasteiger partial charge in [0.05, 0.1) is 5.75 Å². The highest BCUT2D eigenvalue weighted by Gasteiger charge is 2.32. The second-order valence-electron chi connectivity index (χ2n) is 5.96. The van der Waals surface area contributed by atoms with E-state index in [4.69, 9.17) is 0 Å². The summed E-state index contributed by atoms with van der Waals surface area (Å²) >= 11 is 1.43. The second kappa shape index (κ2) is 8.31. The van der Waals surface area contributed by atoms with Crippen molar-refractivity contribution in [1.82, 2.24) is 10.2 Å². The minimum absolute atomic E-state index is 0.0596. The van der Waals surface area contributed by atoms with Crippen LogP contribution in [0.3, 0.4) is 0 Å².